The molecule has 1 heterocycles. The highest BCUT2D eigenvalue weighted by molar-refractivity contribution is 6.31. The highest BCUT2D eigenvalue weighted by Crippen LogP contribution is 2.32. The van der Waals surface area contributed by atoms with E-state index in [2.05, 4.69) is 47.6 Å². The van der Waals surface area contributed by atoms with Crippen LogP contribution in [-0.2, 0) is 0 Å². The molecular weight excluding hydrogens is 280 g/mol. The lowest BCUT2D eigenvalue weighted by Gasteiger charge is -2.14. The molecule has 1 unspecified atom stereocenters. The van der Waals surface area contributed by atoms with E-state index in [0.29, 0.717) is 0 Å². The molecule has 0 radical (unpaired) electrons. The van der Waals surface area contributed by atoms with Crippen molar-refractivity contribution < 1.29 is 0 Å². The number of hydrogen-bond donors (Lipinski definition) is 1. The molecule has 0 spiro atoms. The number of benzene rings is 2. The standard InChI is InChI=1S/C18H17ClN2/c1-12(20-2)15-7-6-13(10-18(15)19)16-5-3-4-14-11-21-9-8-17(14)16/h3-12,20H,1-2H3. The maximum absolute atomic E-state index is 6.45. The zero-order valence-electron chi connectivity index (χ0n) is 12.1. The summed E-state index contributed by atoms with van der Waals surface area (Å²) in [5, 5.41) is 6.34. The fourth-order valence-corrected chi connectivity index (χ4v) is 2.92. The van der Waals surface area contributed by atoms with Gasteiger partial charge in [0.25, 0.3) is 0 Å². The molecule has 0 saturated heterocycles. The second-order valence-corrected chi connectivity index (χ2v) is 5.56. The van der Waals surface area contributed by atoms with Gasteiger partial charge < -0.3 is 5.32 Å². The topological polar surface area (TPSA) is 24.9 Å². The first-order valence-electron chi connectivity index (χ1n) is 7.00. The molecule has 2 nitrogen and oxygen atoms in total. The number of nitrogens with zero attached hydrogens (tertiary/aromatic N) is 1. The van der Waals surface area contributed by atoms with Crippen LogP contribution in [-0.4, -0.2) is 12.0 Å². The van der Waals surface area contributed by atoms with E-state index >= 15 is 0 Å². The van der Waals surface area contributed by atoms with Crippen LogP contribution in [0.25, 0.3) is 21.9 Å². The molecule has 0 saturated carbocycles. The summed E-state index contributed by atoms with van der Waals surface area (Å²) in [7, 11) is 1.94. The Morgan fingerprint density at radius 1 is 1.14 bits per heavy atom. The fraction of sp³-hybridized carbons (Fsp3) is 0.167. The summed E-state index contributed by atoms with van der Waals surface area (Å²) in [6.07, 6.45) is 3.71. The van der Waals surface area contributed by atoms with Crippen molar-refractivity contribution in [2.75, 3.05) is 7.05 Å². The van der Waals surface area contributed by atoms with Crippen LogP contribution in [0.1, 0.15) is 18.5 Å². The Labute approximate surface area is 129 Å². The van der Waals surface area contributed by atoms with E-state index in [1.807, 2.05) is 31.6 Å². The second-order valence-electron chi connectivity index (χ2n) is 5.15. The van der Waals surface area contributed by atoms with E-state index < -0.39 is 0 Å². The van der Waals surface area contributed by atoms with Crippen molar-refractivity contribution in [1.29, 1.82) is 0 Å². The van der Waals surface area contributed by atoms with Gasteiger partial charge in [-0.1, -0.05) is 41.9 Å². The first-order chi connectivity index (χ1) is 10.2. The van der Waals surface area contributed by atoms with Gasteiger partial charge in [0.15, 0.2) is 0 Å². The van der Waals surface area contributed by atoms with Crippen molar-refractivity contribution in [3.05, 3.63) is 65.4 Å². The Bertz CT molecular complexity index is 778. The van der Waals surface area contributed by atoms with Gasteiger partial charge in [-0.3, -0.25) is 4.98 Å². The Hall–Kier alpha value is -1.90. The molecule has 21 heavy (non-hydrogen) atoms. The highest BCUT2D eigenvalue weighted by Gasteiger charge is 2.10. The van der Waals surface area contributed by atoms with Crippen LogP contribution < -0.4 is 5.32 Å². The molecule has 0 bridgehead atoms. The van der Waals surface area contributed by atoms with Gasteiger partial charge in [0.2, 0.25) is 0 Å². The summed E-state index contributed by atoms with van der Waals surface area (Å²) in [5.74, 6) is 0. The van der Waals surface area contributed by atoms with E-state index in [9.17, 15) is 0 Å². The second kappa shape index (κ2) is 5.84. The lowest BCUT2D eigenvalue weighted by Crippen LogP contribution is -2.12. The van der Waals surface area contributed by atoms with Crippen LogP contribution in [0.3, 0.4) is 0 Å². The highest BCUT2D eigenvalue weighted by atomic mass is 35.5. The number of rotatable bonds is 3. The number of pyridine rings is 1. The normalized spacial score (nSPS) is 12.5. The number of halogens is 1. The maximum Gasteiger partial charge on any atom is 0.0459 e. The lowest BCUT2D eigenvalue weighted by atomic mass is 9.97. The molecule has 2 aromatic carbocycles. The van der Waals surface area contributed by atoms with E-state index in [4.69, 9.17) is 11.6 Å². The predicted molar refractivity (Wildman–Crippen MR) is 89.7 cm³/mol. The minimum atomic E-state index is 0.239. The predicted octanol–water partition coefficient (Wildman–Crippen LogP) is 4.84. The zero-order chi connectivity index (χ0) is 14.8. The van der Waals surface area contributed by atoms with E-state index in [-0.39, 0.29) is 6.04 Å². The van der Waals surface area contributed by atoms with Crippen molar-refractivity contribution in [2.24, 2.45) is 0 Å². The molecule has 1 aromatic heterocycles. The molecule has 1 atom stereocenters. The molecule has 3 heteroatoms. The molecular formula is C18H17ClN2. The van der Waals surface area contributed by atoms with Gasteiger partial charge in [-0.05, 0) is 48.2 Å². The Morgan fingerprint density at radius 2 is 2.00 bits per heavy atom. The summed E-state index contributed by atoms with van der Waals surface area (Å²) >= 11 is 6.45. The molecule has 1 N–H and O–H groups in total. The number of fused-ring (bicyclic) bond motifs is 1. The van der Waals surface area contributed by atoms with Crippen molar-refractivity contribution >= 4 is 22.4 Å². The van der Waals surface area contributed by atoms with Gasteiger partial charge in [-0.2, -0.15) is 0 Å². The van der Waals surface area contributed by atoms with E-state index in [1.165, 1.54) is 10.9 Å². The number of hydrogen-bond acceptors (Lipinski definition) is 2. The average molecular weight is 297 g/mol. The number of nitrogens with one attached hydrogen (secondary N) is 1. The van der Waals surface area contributed by atoms with Crippen molar-refractivity contribution in [3.63, 3.8) is 0 Å². The van der Waals surface area contributed by atoms with Crippen LogP contribution in [0.15, 0.2) is 54.9 Å². The summed E-state index contributed by atoms with van der Waals surface area (Å²) in [4.78, 5) is 4.18. The summed E-state index contributed by atoms with van der Waals surface area (Å²) in [6.45, 7) is 2.10. The van der Waals surface area contributed by atoms with Crippen LogP contribution in [0.2, 0.25) is 5.02 Å². The third kappa shape index (κ3) is 2.65. The SMILES string of the molecule is CNC(C)c1ccc(-c2cccc3cnccc23)cc1Cl. The molecule has 106 valence electrons. The zero-order valence-corrected chi connectivity index (χ0v) is 12.9. The average Bonchev–Trinajstić information content (AvgIpc) is 2.53. The van der Waals surface area contributed by atoms with Gasteiger partial charge in [-0.25, -0.2) is 0 Å². The largest absolute Gasteiger partial charge is 0.313 e. The monoisotopic (exact) mass is 296 g/mol. The lowest BCUT2D eigenvalue weighted by molar-refractivity contribution is 0.652. The quantitative estimate of drug-likeness (QED) is 0.748. The van der Waals surface area contributed by atoms with Crippen LogP contribution in [0, 0.1) is 0 Å². The molecule has 0 aliphatic rings. The first kappa shape index (κ1) is 14.1. The van der Waals surface area contributed by atoms with Crippen LogP contribution >= 0.6 is 11.6 Å². The molecule has 0 fully saturated rings. The van der Waals surface area contributed by atoms with Crippen molar-refractivity contribution in [1.82, 2.24) is 10.3 Å². The van der Waals surface area contributed by atoms with Crippen LogP contribution in [0.5, 0.6) is 0 Å². The molecule has 3 rings (SSSR count). The fourth-order valence-electron chi connectivity index (χ4n) is 2.58. The summed E-state index contributed by atoms with van der Waals surface area (Å²) in [6, 6.07) is 14.8. The summed E-state index contributed by atoms with van der Waals surface area (Å²) in [5.41, 5.74) is 3.43. The Morgan fingerprint density at radius 3 is 2.76 bits per heavy atom. The Balaban J connectivity index is 2.13. The first-order valence-corrected chi connectivity index (χ1v) is 7.38. The van der Waals surface area contributed by atoms with Crippen LogP contribution in [0.4, 0.5) is 0 Å². The third-order valence-electron chi connectivity index (χ3n) is 3.89. The van der Waals surface area contributed by atoms with E-state index in [1.54, 1.807) is 0 Å². The van der Waals surface area contributed by atoms with Gasteiger partial charge in [0.1, 0.15) is 0 Å². The van der Waals surface area contributed by atoms with Gasteiger partial charge in [-0.15, -0.1) is 0 Å². The smallest absolute Gasteiger partial charge is 0.0459 e. The van der Waals surface area contributed by atoms with Gasteiger partial charge in [0, 0.05) is 28.8 Å². The number of aromatic nitrogens is 1. The maximum atomic E-state index is 6.45. The molecule has 0 aliphatic heterocycles. The minimum Gasteiger partial charge on any atom is -0.313 e. The van der Waals surface area contributed by atoms with Crippen molar-refractivity contribution in [3.8, 4) is 11.1 Å². The molecule has 3 aromatic rings. The minimum absolute atomic E-state index is 0.239. The Kier molecular flexibility index (Phi) is 3.91. The summed E-state index contributed by atoms with van der Waals surface area (Å²) < 4.78 is 0. The third-order valence-corrected chi connectivity index (χ3v) is 4.22. The van der Waals surface area contributed by atoms with Crippen molar-refractivity contribution in [2.45, 2.75) is 13.0 Å². The van der Waals surface area contributed by atoms with E-state index in [0.717, 1.165) is 21.5 Å². The van der Waals surface area contributed by atoms with Gasteiger partial charge in [0.05, 0.1) is 0 Å². The molecule has 0 aliphatic carbocycles. The molecule has 0 amide bonds. The van der Waals surface area contributed by atoms with Gasteiger partial charge >= 0.3 is 0 Å².